The van der Waals surface area contributed by atoms with E-state index in [9.17, 15) is 4.57 Å². The molecule has 0 rings (SSSR count). The number of alkyl halides is 3. The molecule has 0 aliphatic heterocycles. The highest BCUT2D eigenvalue weighted by atomic mass is 79.9. The molecule has 0 unspecified atom stereocenters. The van der Waals surface area contributed by atoms with E-state index in [2.05, 4.69) is 47.8 Å². The molecule has 0 spiro atoms. The summed E-state index contributed by atoms with van der Waals surface area (Å²) >= 11 is 10.3. The maximum atomic E-state index is 12.1. The molecule has 4 nitrogen and oxygen atoms in total. The number of halogens is 3. The van der Waals surface area contributed by atoms with Gasteiger partial charge in [0, 0.05) is 21.4 Å². The Balaban J connectivity index is 4.52. The van der Waals surface area contributed by atoms with Crippen molar-refractivity contribution in [3.63, 3.8) is 0 Å². The van der Waals surface area contributed by atoms with Crippen LogP contribution in [0.2, 0.25) is 0 Å². The Morgan fingerprint density at radius 2 is 1.35 bits per heavy atom. The van der Waals surface area contributed by atoms with E-state index in [1.807, 2.05) is 0 Å². The largest absolute Gasteiger partial charge is 0.474 e. The van der Waals surface area contributed by atoms with Gasteiger partial charge in [0.2, 0.25) is 0 Å². The number of phosphoric acid groups is 1. The molecule has 0 bridgehead atoms. The van der Waals surface area contributed by atoms with E-state index in [0.29, 0.717) is 13.2 Å². The highest BCUT2D eigenvalue weighted by molar-refractivity contribution is 9.10. The number of phosphoric ester groups is 1. The Kier molecular flexibility index (Phi) is 10.3. The van der Waals surface area contributed by atoms with Crippen LogP contribution in [0, 0.1) is 5.41 Å². The summed E-state index contributed by atoms with van der Waals surface area (Å²) in [6.07, 6.45) is 0. The minimum Gasteiger partial charge on any atom is -0.287 e. The molecule has 0 radical (unpaired) electrons. The molecular formula is C9H18Br3O4P. The van der Waals surface area contributed by atoms with Crippen molar-refractivity contribution in [2.24, 2.45) is 5.41 Å². The van der Waals surface area contributed by atoms with Crippen molar-refractivity contribution in [1.29, 1.82) is 0 Å². The Bertz CT molecular complexity index is 230. The third kappa shape index (κ3) is 6.50. The normalized spacial score (nSPS) is 13.0. The Morgan fingerprint density at radius 3 is 1.65 bits per heavy atom. The van der Waals surface area contributed by atoms with Crippen LogP contribution in [0.15, 0.2) is 0 Å². The topological polar surface area (TPSA) is 44.8 Å². The maximum absolute atomic E-state index is 12.1. The van der Waals surface area contributed by atoms with E-state index in [4.69, 9.17) is 13.6 Å². The molecule has 0 aromatic rings. The van der Waals surface area contributed by atoms with Gasteiger partial charge in [-0.15, -0.1) is 0 Å². The van der Waals surface area contributed by atoms with Crippen molar-refractivity contribution in [2.75, 3.05) is 35.8 Å². The van der Waals surface area contributed by atoms with E-state index < -0.39 is 7.82 Å². The molecule has 0 heterocycles. The molecule has 0 atom stereocenters. The summed E-state index contributed by atoms with van der Waals surface area (Å²) in [5.41, 5.74) is -0.177. The predicted molar refractivity (Wildman–Crippen MR) is 80.6 cm³/mol. The first-order valence-electron chi connectivity index (χ1n) is 5.23. The first-order chi connectivity index (χ1) is 8.01. The molecule has 8 heteroatoms. The molecule has 0 amide bonds. The highest BCUT2D eigenvalue weighted by Gasteiger charge is 2.33. The Labute approximate surface area is 128 Å². The summed E-state index contributed by atoms with van der Waals surface area (Å²) in [4.78, 5) is 0. The van der Waals surface area contributed by atoms with Crippen LogP contribution >= 0.6 is 55.6 Å². The molecule has 0 fully saturated rings. The lowest BCUT2D eigenvalue weighted by Gasteiger charge is -2.28. The minimum atomic E-state index is -3.42. The van der Waals surface area contributed by atoms with Crippen molar-refractivity contribution in [3.8, 4) is 0 Å². The summed E-state index contributed by atoms with van der Waals surface area (Å²) < 4.78 is 27.6. The fourth-order valence-electron chi connectivity index (χ4n) is 0.867. The van der Waals surface area contributed by atoms with Crippen LogP contribution in [0.3, 0.4) is 0 Å². The third-order valence-corrected chi connectivity index (χ3v) is 7.12. The van der Waals surface area contributed by atoms with Crippen LogP contribution in [0.1, 0.15) is 13.8 Å². The lowest BCUT2D eigenvalue weighted by Crippen LogP contribution is -2.32. The fourth-order valence-corrected chi connectivity index (χ4v) is 5.43. The highest BCUT2D eigenvalue weighted by Crippen LogP contribution is 2.50. The predicted octanol–water partition coefficient (Wildman–Crippen LogP) is 4.36. The van der Waals surface area contributed by atoms with Gasteiger partial charge in [-0.1, -0.05) is 47.8 Å². The summed E-state index contributed by atoms with van der Waals surface area (Å²) in [5, 5.41) is 2.15. The maximum Gasteiger partial charge on any atom is 0.474 e. The van der Waals surface area contributed by atoms with Crippen molar-refractivity contribution in [1.82, 2.24) is 0 Å². The van der Waals surface area contributed by atoms with Gasteiger partial charge in [-0.25, -0.2) is 4.57 Å². The van der Waals surface area contributed by atoms with Gasteiger partial charge in [0.15, 0.2) is 0 Å². The average Bonchev–Trinajstić information content (AvgIpc) is 2.32. The zero-order chi connectivity index (χ0) is 13.4. The van der Waals surface area contributed by atoms with Crippen LogP contribution in [-0.4, -0.2) is 35.8 Å². The van der Waals surface area contributed by atoms with Gasteiger partial charge in [0.25, 0.3) is 0 Å². The molecule has 17 heavy (non-hydrogen) atoms. The molecular weight excluding hydrogens is 443 g/mol. The van der Waals surface area contributed by atoms with Crippen molar-refractivity contribution >= 4 is 55.6 Å². The number of hydrogen-bond donors (Lipinski definition) is 0. The van der Waals surface area contributed by atoms with Crippen LogP contribution in [0.25, 0.3) is 0 Å². The second-order valence-corrected chi connectivity index (χ2v) is 6.81. The standard InChI is InChI=1S/C9H18Br3O4P/c1-3-14-17(13,15-4-2)16-8-9(5-10,6-11)7-12/h3-8H2,1-2H3. The van der Waals surface area contributed by atoms with Crippen LogP contribution in [0.5, 0.6) is 0 Å². The lowest BCUT2D eigenvalue weighted by atomic mass is 9.98. The zero-order valence-corrected chi connectivity index (χ0v) is 15.6. The van der Waals surface area contributed by atoms with E-state index >= 15 is 0 Å². The molecule has 0 aliphatic carbocycles. The number of hydrogen-bond acceptors (Lipinski definition) is 4. The van der Waals surface area contributed by atoms with Crippen LogP contribution in [-0.2, 0) is 18.1 Å². The number of rotatable bonds is 10. The third-order valence-electron chi connectivity index (χ3n) is 1.95. The smallest absolute Gasteiger partial charge is 0.287 e. The van der Waals surface area contributed by atoms with E-state index in [1.54, 1.807) is 13.8 Å². The fraction of sp³-hybridized carbons (Fsp3) is 1.00. The van der Waals surface area contributed by atoms with E-state index in [-0.39, 0.29) is 12.0 Å². The Hall–Kier alpha value is 1.55. The van der Waals surface area contributed by atoms with Gasteiger partial charge < -0.3 is 0 Å². The van der Waals surface area contributed by atoms with Gasteiger partial charge in [0.1, 0.15) is 0 Å². The van der Waals surface area contributed by atoms with Crippen LogP contribution in [0.4, 0.5) is 0 Å². The second kappa shape index (κ2) is 9.45. The monoisotopic (exact) mass is 458 g/mol. The molecule has 0 saturated heterocycles. The molecule has 104 valence electrons. The molecule has 0 aliphatic rings. The second-order valence-electron chi connectivity index (χ2n) is 3.46. The summed E-state index contributed by atoms with van der Waals surface area (Å²) in [6, 6.07) is 0. The van der Waals surface area contributed by atoms with Gasteiger partial charge in [0.05, 0.1) is 19.8 Å². The lowest BCUT2D eigenvalue weighted by molar-refractivity contribution is 0.0962. The first kappa shape index (κ1) is 18.6. The quantitative estimate of drug-likeness (QED) is 0.359. The van der Waals surface area contributed by atoms with E-state index in [0.717, 1.165) is 16.0 Å². The molecule has 0 saturated carbocycles. The molecule has 0 aromatic heterocycles. The van der Waals surface area contributed by atoms with Crippen molar-refractivity contribution < 1.29 is 18.1 Å². The van der Waals surface area contributed by atoms with E-state index in [1.165, 1.54) is 0 Å². The summed E-state index contributed by atoms with van der Waals surface area (Å²) in [5.74, 6) is 0. The average molecular weight is 461 g/mol. The summed E-state index contributed by atoms with van der Waals surface area (Å²) in [7, 11) is -3.42. The first-order valence-corrected chi connectivity index (χ1v) is 10.1. The SMILES string of the molecule is CCOP(=O)(OCC)OCC(CBr)(CBr)CBr. The van der Waals surface area contributed by atoms with Crippen LogP contribution < -0.4 is 0 Å². The molecule has 0 N–H and O–H groups in total. The van der Waals surface area contributed by atoms with Gasteiger partial charge in [-0.3, -0.25) is 13.6 Å². The van der Waals surface area contributed by atoms with Gasteiger partial charge >= 0.3 is 7.82 Å². The molecule has 0 aromatic carbocycles. The summed E-state index contributed by atoms with van der Waals surface area (Å²) in [6.45, 7) is 4.37. The van der Waals surface area contributed by atoms with Crippen molar-refractivity contribution in [3.05, 3.63) is 0 Å². The Morgan fingerprint density at radius 1 is 0.941 bits per heavy atom. The minimum absolute atomic E-state index is 0.177. The van der Waals surface area contributed by atoms with Crippen molar-refractivity contribution in [2.45, 2.75) is 13.8 Å². The van der Waals surface area contributed by atoms with Gasteiger partial charge in [-0.2, -0.15) is 0 Å². The van der Waals surface area contributed by atoms with Gasteiger partial charge in [-0.05, 0) is 13.8 Å². The zero-order valence-electron chi connectivity index (χ0n) is 9.96.